The van der Waals surface area contributed by atoms with Gasteiger partial charge in [-0.15, -0.1) is 0 Å². The van der Waals surface area contributed by atoms with E-state index in [2.05, 4.69) is 31.9 Å². The zero-order valence-electron chi connectivity index (χ0n) is 12.1. The molecule has 1 aromatic rings. The lowest BCUT2D eigenvalue weighted by Crippen LogP contribution is -2.44. The molecule has 0 saturated carbocycles. The number of likely N-dealkylation sites (N-methyl/N-ethyl adjacent to an activating group) is 1. The number of carbonyl (C=O) groups excluding carboxylic acids is 1. The first-order valence-electron chi connectivity index (χ1n) is 6.73. The molecule has 1 aliphatic heterocycles. The number of aromatic nitrogens is 1. The minimum absolute atomic E-state index is 0.144. The summed E-state index contributed by atoms with van der Waals surface area (Å²) in [6, 6.07) is 3.29. The number of halogens is 3. The average molecular weight is 318 g/mol. The Bertz CT molecular complexity index is 499. The van der Waals surface area contributed by atoms with Crippen LogP contribution >= 0.6 is 0 Å². The molecule has 1 amide bonds. The molecule has 2 heterocycles. The Hall–Kier alpha value is -2.03. The van der Waals surface area contributed by atoms with E-state index in [1.54, 1.807) is 12.3 Å². The Morgan fingerprint density at radius 1 is 1.32 bits per heavy atom. The monoisotopic (exact) mass is 318 g/mol. The maximum Gasteiger partial charge on any atom is 0.422 e. The zero-order valence-corrected chi connectivity index (χ0v) is 12.1. The smallest absolute Gasteiger partial charge is 0.422 e. The van der Waals surface area contributed by atoms with Gasteiger partial charge in [0, 0.05) is 26.2 Å². The second kappa shape index (κ2) is 6.82. The molecule has 0 unspecified atom stereocenters. The number of amides is 1. The molecule has 1 aromatic heterocycles. The van der Waals surface area contributed by atoms with Gasteiger partial charge < -0.3 is 14.5 Å². The number of nitrogens with zero attached hydrogens (tertiary/aromatic N) is 3. The van der Waals surface area contributed by atoms with Gasteiger partial charge in [0.1, 0.15) is 5.82 Å². The number of piperazine rings is 1. The predicted octanol–water partition coefficient (Wildman–Crippen LogP) is 1.94. The lowest BCUT2D eigenvalue weighted by Gasteiger charge is -2.33. The SMILES string of the molecule is CN1CCN(c2ccc(NC(=O)OCC(F)(F)F)nc2)CC1. The molecule has 1 fully saturated rings. The quantitative estimate of drug-likeness (QED) is 0.923. The largest absolute Gasteiger partial charge is 0.440 e. The topological polar surface area (TPSA) is 57.7 Å². The van der Waals surface area contributed by atoms with Crippen LogP contribution in [0.3, 0.4) is 0 Å². The Labute approximate surface area is 125 Å². The van der Waals surface area contributed by atoms with Gasteiger partial charge in [-0.05, 0) is 19.2 Å². The van der Waals surface area contributed by atoms with Gasteiger partial charge >= 0.3 is 12.3 Å². The van der Waals surface area contributed by atoms with Crippen LogP contribution in [0.2, 0.25) is 0 Å². The molecule has 22 heavy (non-hydrogen) atoms. The normalized spacial score (nSPS) is 16.5. The molecular weight excluding hydrogens is 301 g/mol. The molecule has 2 rings (SSSR count). The first-order valence-corrected chi connectivity index (χ1v) is 6.73. The van der Waals surface area contributed by atoms with Crippen LogP contribution in [0.4, 0.5) is 29.5 Å². The van der Waals surface area contributed by atoms with Crippen molar-refractivity contribution in [3.05, 3.63) is 18.3 Å². The number of rotatable bonds is 3. The van der Waals surface area contributed by atoms with Crippen LogP contribution < -0.4 is 10.2 Å². The molecule has 0 aliphatic carbocycles. The first-order chi connectivity index (χ1) is 10.3. The second-order valence-electron chi connectivity index (χ2n) is 5.01. The zero-order chi connectivity index (χ0) is 16.2. The minimum Gasteiger partial charge on any atom is -0.440 e. The average Bonchev–Trinajstić information content (AvgIpc) is 2.46. The van der Waals surface area contributed by atoms with Crippen molar-refractivity contribution in [2.75, 3.05) is 50.1 Å². The number of pyridine rings is 1. The van der Waals surface area contributed by atoms with Crippen molar-refractivity contribution in [1.82, 2.24) is 9.88 Å². The van der Waals surface area contributed by atoms with Crippen LogP contribution in [0.15, 0.2) is 18.3 Å². The third kappa shape index (κ3) is 5.06. The third-order valence-corrected chi connectivity index (χ3v) is 3.21. The number of hydrogen-bond donors (Lipinski definition) is 1. The van der Waals surface area contributed by atoms with Crippen LogP contribution in [0.1, 0.15) is 0 Å². The van der Waals surface area contributed by atoms with Gasteiger partial charge in [-0.3, -0.25) is 5.32 Å². The van der Waals surface area contributed by atoms with Crippen molar-refractivity contribution in [3.63, 3.8) is 0 Å². The minimum atomic E-state index is -4.55. The summed E-state index contributed by atoms with van der Waals surface area (Å²) in [5, 5.41) is 2.15. The number of alkyl halides is 3. The fourth-order valence-corrected chi connectivity index (χ4v) is 2.00. The van der Waals surface area contributed by atoms with Gasteiger partial charge in [0.05, 0.1) is 11.9 Å². The Kier molecular flexibility index (Phi) is 5.07. The summed E-state index contributed by atoms with van der Waals surface area (Å²) in [6.07, 6.45) is -4.15. The molecule has 1 aliphatic rings. The van der Waals surface area contributed by atoms with Gasteiger partial charge in [0.25, 0.3) is 0 Å². The Morgan fingerprint density at radius 2 is 2.00 bits per heavy atom. The highest BCUT2D eigenvalue weighted by molar-refractivity contribution is 5.83. The molecule has 1 saturated heterocycles. The van der Waals surface area contributed by atoms with Crippen LogP contribution in [0, 0.1) is 0 Å². The first kappa shape index (κ1) is 16.3. The van der Waals surface area contributed by atoms with Crippen molar-refractivity contribution in [2.45, 2.75) is 6.18 Å². The second-order valence-corrected chi connectivity index (χ2v) is 5.01. The maximum atomic E-state index is 11.9. The summed E-state index contributed by atoms with van der Waals surface area (Å²) >= 11 is 0. The van der Waals surface area contributed by atoms with Crippen molar-refractivity contribution >= 4 is 17.6 Å². The summed E-state index contributed by atoms with van der Waals surface area (Å²) in [7, 11) is 2.05. The Morgan fingerprint density at radius 3 is 2.55 bits per heavy atom. The number of carbonyl (C=O) groups is 1. The number of hydrogen-bond acceptors (Lipinski definition) is 5. The van der Waals surface area contributed by atoms with Gasteiger partial charge in [0.2, 0.25) is 0 Å². The summed E-state index contributed by atoms with van der Waals surface area (Å²) in [4.78, 5) is 19.6. The van der Waals surface area contributed by atoms with Gasteiger partial charge in [0.15, 0.2) is 6.61 Å². The van der Waals surface area contributed by atoms with Crippen LogP contribution in [0.25, 0.3) is 0 Å². The van der Waals surface area contributed by atoms with E-state index in [1.807, 2.05) is 0 Å². The molecule has 0 spiro atoms. The summed E-state index contributed by atoms with van der Waals surface area (Å²) < 4.78 is 39.8. The summed E-state index contributed by atoms with van der Waals surface area (Å²) in [5.74, 6) is 0.144. The molecule has 1 N–H and O–H groups in total. The van der Waals surface area contributed by atoms with Crippen LogP contribution in [0.5, 0.6) is 0 Å². The number of nitrogens with one attached hydrogen (secondary N) is 1. The molecule has 0 radical (unpaired) electrons. The predicted molar refractivity (Wildman–Crippen MR) is 75.0 cm³/mol. The molecular formula is C13H17F3N4O2. The molecule has 9 heteroatoms. The molecule has 122 valence electrons. The Balaban J connectivity index is 1.85. The van der Waals surface area contributed by atoms with Crippen molar-refractivity contribution in [3.8, 4) is 0 Å². The van der Waals surface area contributed by atoms with E-state index in [4.69, 9.17) is 0 Å². The van der Waals surface area contributed by atoms with E-state index < -0.39 is 18.9 Å². The maximum absolute atomic E-state index is 11.9. The number of anilines is 2. The standard InChI is InChI=1S/C13H17F3N4O2/c1-19-4-6-20(7-5-19)10-2-3-11(17-8-10)18-12(21)22-9-13(14,15)16/h2-3,8H,4-7,9H2,1H3,(H,17,18,21). The van der Waals surface area contributed by atoms with Gasteiger partial charge in [-0.2, -0.15) is 13.2 Å². The molecule has 0 atom stereocenters. The molecule has 6 nitrogen and oxygen atoms in total. The van der Waals surface area contributed by atoms with Crippen LogP contribution in [-0.4, -0.2) is 62.0 Å². The summed E-state index contributed by atoms with van der Waals surface area (Å²) in [6.45, 7) is 2.02. The van der Waals surface area contributed by atoms with Crippen molar-refractivity contribution in [2.24, 2.45) is 0 Å². The van der Waals surface area contributed by atoms with Crippen molar-refractivity contribution < 1.29 is 22.7 Å². The molecule has 0 bridgehead atoms. The molecule has 0 aromatic carbocycles. The van der Waals surface area contributed by atoms with Crippen LogP contribution in [-0.2, 0) is 4.74 Å². The van der Waals surface area contributed by atoms with Gasteiger partial charge in [-0.25, -0.2) is 9.78 Å². The lowest BCUT2D eigenvalue weighted by molar-refractivity contribution is -0.159. The fourth-order valence-electron chi connectivity index (χ4n) is 2.00. The van der Waals surface area contributed by atoms with E-state index in [9.17, 15) is 18.0 Å². The third-order valence-electron chi connectivity index (χ3n) is 3.21. The van der Waals surface area contributed by atoms with Crippen molar-refractivity contribution in [1.29, 1.82) is 0 Å². The van der Waals surface area contributed by atoms with E-state index >= 15 is 0 Å². The van der Waals surface area contributed by atoms with E-state index in [0.29, 0.717) is 0 Å². The highest BCUT2D eigenvalue weighted by atomic mass is 19.4. The van der Waals surface area contributed by atoms with E-state index in [1.165, 1.54) is 6.07 Å². The van der Waals surface area contributed by atoms with Gasteiger partial charge in [-0.1, -0.05) is 0 Å². The summed E-state index contributed by atoms with van der Waals surface area (Å²) in [5.41, 5.74) is 0.905. The van der Waals surface area contributed by atoms with E-state index in [-0.39, 0.29) is 5.82 Å². The van der Waals surface area contributed by atoms with E-state index in [0.717, 1.165) is 31.9 Å². The highest BCUT2D eigenvalue weighted by Crippen LogP contribution is 2.18. The highest BCUT2D eigenvalue weighted by Gasteiger charge is 2.29. The number of ether oxygens (including phenoxy) is 1. The lowest BCUT2D eigenvalue weighted by atomic mass is 10.3. The fraction of sp³-hybridized carbons (Fsp3) is 0.538.